The molecule has 40 heavy (non-hydrogen) atoms. The topological polar surface area (TPSA) is 65.0 Å². The second-order valence-electron chi connectivity index (χ2n) is 9.78. The molecule has 3 aromatic carbocycles. The Morgan fingerprint density at radius 2 is 1.70 bits per heavy atom. The van der Waals surface area contributed by atoms with Crippen molar-refractivity contribution >= 4 is 23.2 Å². The number of para-hydroxylation sites is 2. The number of methoxy groups -OCH3 is 1. The third-order valence-corrected chi connectivity index (χ3v) is 7.08. The molecular weight excluding hydrogens is 526 g/mol. The van der Waals surface area contributed by atoms with E-state index in [1.165, 1.54) is 0 Å². The molecule has 1 aromatic heterocycles. The SMILES string of the molecule is COc1ccc(-n2cccc2CN2CCCCCCOc3ccccc3Oc3ccc(Cl)cc3NC(=O)C2)cc1. The van der Waals surface area contributed by atoms with Crippen molar-refractivity contribution in [3.63, 3.8) is 0 Å². The number of amides is 1. The number of fused-ring (bicyclic) bond motifs is 2. The molecule has 4 aromatic rings. The van der Waals surface area contributed by atoms with Crippen molar-refractivity contribution in [1.29, 1.82) is 0 Å². The van der Waals surface area contributed by atoms with E-state index in [1.54, 1.807) is 25.3 Å². The highest BCUT2D eigenvalue weighted by Crippen LogP contribution is 2.36. The molecule has 2 heterocycles. The van der Waals surface area contributed by atoms with Crippen LogP contribution in [0.4, 0.5) is 5.69 Å². The normalized spacial score (nSPS) is 15.2. The number of nitrogens with one attached hydrogen (secondary N) is 1. The van der Waals surface area contributed by atoms with Gasteiger partial charge in [-0.25, -0.2) is 0 Å². The number of hydrogen-bond donors (Lipinski definition) is 1. The Hall–Kier alpha value is -3.94. The highest BCUT2D eigenvalue weighted by molar-refractivity contribution is 6.31. The summed E-state index contributed by atoms with van der Waals surface area (Å²) in [6, 6.07) is 24.9. The van der Waals surface area contributed by atoms with E-state index < -0.39 is 0 Å². The molecule has 1 aliphatic heterocycles. The lowest BCUT2D eigenvalue weighted by Crippen LogP contribution is -2.34. The fourth-order valence-electron chi connectivity index (χ4n) is 4.81. The molecule has 0 unspecified atom stereocenters. The van der Waals surface area contributed by atoms with Crippen LogP contribution in [-0.4, -0.2) is 42.2 Å². The summed E-state index contributed by atoms with van der Waals surface area (Å²) in [7, 11) is 1.66. The molecule has 5 rings (SSSR count). The molecule has 208 valence electrons. The number of ether oxygens (including phenoxy) is 3. The van der Waals surface area contributed by atoms with Crippen molar-refractivity contribution in [2.45, 2.75) is 32.2 Å². The number of carbonyl (C=O) groups excluding carboxylic acids is 1. The van der Waals surface area contributed by atoms with E-state index in [1.807, 2.05) is 60.8 Å². The number of aromatic nitrogens is 1. The van der Waals surface area contributed by atoms with E-state index in [0.717, 1.165) is 49.4 Å². The van der Waals surface area contributed by atoms with Gasteiger partial charge in [-0.3, -0.25) is 9.69 Å². The van der Waals surface area contributed by atoms with E-state index in [-0.39, 0.29) is 12.5 Å². The van der Waals surface area contributed by atoms with Crippen LogP contribution < -0.4 is 19.5 Å². The Bertz CT molecular complexity index is 1420. The maximum Gasteiger partial charge on any atom is 0.238 e. The highest BCUT2D eigenvalue weighted by Gasteiger charge is 2.17. The number of nitrogens with zero attached hydrogens (tertiary/aromatic N) is 2. The maximum absolute atomic E-state index is 13.4. The molecule has 0 aliphatic carbocycles. The van der Waals surface area contributed by atoms with E-state index in [2.05, 4.69) is 20.9 Å². The van der Waals surface area contributed by atoms with Crippen molar-refractivity contribution < 1.29 is 19.0 Å². The number of halogens is 1. The number of carbonyl (C=O) groups is 1. The van der Waals surface area contributed by atoms with Crippen LogP contribution in [0.15, 0.2) is 85.1 Å². The summed E-state index contributed by atoms with van der Waals surface area (Å²) in [4.78, 5) is 15.6. The zero-order chi connectivity index (χ0) is 27.7. The Morgan fingerprint density at radius 1 is 0.900 bits per heavy atom. The van der Waals surface area contributed by atoms with Crippen LogP contribution in [0.1, 0.15) is 31.4 Å². The van der Waals surface area contributed by atoms with Gasteiger partial charge < -0.3 is 24.1 Å². The van der Waals surface area contributed by atoms with Gasteiger partial charge in [0.15, 0.2) is 17.2 Å². The van der Waals surface area contributed by atoms with Crippen LogP contribution in [-0.2, 0) is 11.3 Å². The Labute approximate surface area is 240 Å². The third-order valence-electron chi connectivity index (χ3n) is 6.85. The van der Waals surface area contributed by atoms with E-state index in [0.29, 0.717) is 41.1 Å². The predicted molar refractivity (Wildman–Crippen MR) is 158 cm³/mol. The molecule has 1 N–H and O–H groups in total. The van der Waals surface area contributed by atoms with Gasteiger partial charge in [0.25, 0.3) is 0 Å². The summed E-state index contributed by atoms with van der Waals surface area (Å²) in [5, 5.41) is 3.54. The van der Waals surface area contributed by atoms with Crippen LogP contribution >= 0.6 is 11.6 Å². The van der Waals surface area contributed by atoms with Crippen molar-refractivity contribution in [2.75, 3.05) is 32.1 Å². The van der Waals surface area contributed by atoms with E-state index in [9.17, 15) is 4.79 Å². The van der Waals surface area contributed by atoms with Gasteiger partial charge in [0.1, 0.15) is 5.75 Å². The van der Waals surface area contributed by atoms with Gasteiger partial charge in [-0.05, 0) is 86.1 Å². The molecule has 0 spiro atoms. The van der Waals surface area contributed by atoms with E-state index >= 15 is 0 Å². The van der Waals surface area contributed by atoms with Crippen LogP contribution in [0.3, 0.4) is 0 Å². The minimum Gasteiger partial charge on any atom is -0.497 e. The fraction of sp³-hybridized carbons (Fsp3) is 0.281. The first kappa shape index (κ1) is 27.6. The predicted octanol–water partition coefficient (Wildman–Crippen LogP) is 7.33. The maximum atomic E-state index is 13.4. The number of anilines is 1. The first-order valence-electron chi connectivity index (χ1n) is 13.6. The average molecular weight is 560 g/mol. The van der Waals surface area contributed by atoms with Crippen LogP contribution in [0.2, 0.25) is 5.02 Å². The molecule has 1 amide bonds. The lowest BCUT2D eigenvalue weighted by molar-refractivity contribution is -0.117. The summed E-state index contributed by atoms with van der Waals surface area (Å²) >= 11 is 6.30. The van der Waals surface area contributed by atoms with Crippen LogP contribution in [0, 0.1) is 0 Å². The van der Waals surface area contributed by atoms with Crippen molar-refractivity contribution in [3.8, 4) is 28.7 Å². The van der Waals surface area contributed by atoms with Crippen molar-refractivity contribution in [3.05, 3.63) is 95.8 Å². The van der Waals surface area contributed by atoms with Gasteiger partial charge in [0.05, 0.1) is 25.9 Å². The molecule has 0 fully saturated rings. The standard InChI is InChI=1S/C32H34ClN3O4/c1-38-27-15-13-25(14-16-27)36-19-8-9-26(36)22-35-18-6-2-3-7-20-39-30-10-4-5-11-31(30)40-29-17-12-24(33)21-28(29)34-32(37)23-35/h4-5,8-17,19,21H,2-3,6-7,18,20,22-23H2,1H3,(H,34,37). The monoisotopic (exact) mass is 559 g/mol. The van der Waals surface area contributed by atoms with Gasteiger partial charge in [-0.15, -0.1) is 0 Å². The lowest BCUT2D eigenvalue weighted by Gasteiger charge is -2.23. The zero-order valence-electron chi connectivity index (χ0n) is 22.6. The number of rotatable bonds is 4. The first-order valence-corrected chi connectivity index (χ1v) is 14.0. The Kier molecular flexibility index (Phi) is 9.26. The van der Waals surface area contributed by atoms with Gasteiger partial charge in [-0.1, -0.05) is 36.6 Å². The molecule has 0 saturated carbocycles. The number of benzene rings is 3. The summed E-state index contributed by atoms with van der Waals surface area (Å²) in [6.07, 6.45) is 6.07. The fourth-order valence-corrected chi connectivity index (χ4v) is 4.98. The van der Waals surface area contributed by atoms with E-state index in [4.69, 9.17) is 25.8 Å². The lowest BCUT2D eigenvalue weighted by atomic mass is 10.2. The Balaban J connectivity index is 1.37. The van der Waals surface area contributed by atoms with Gasteiger partial charge in [0, 0.05) is 29.1 Å². The molecule has 0 atom stereocenters. The van der Waals surface area contributed by atoms with Crippen molar-refractivity contribution in [2.24, 2.45) is 0 Å². The van der Waals surface area contributed by atoms with Gasteiger partial charge >= 0.3 is 0 Å². The summed E-state index contributed by atoms with van der Waals surface area (Å²) in [5.41, 5.74) is 2.66. The molecule has 0 saturated heterocycles. The smallest absolute Gasteiger partial charge is 0.238 e. The molecule has 7 nitrogen and oxygen atoms in total. The van der Waals surface area contributed by atoms with Crippen LogP contribution in [0.25, 0.3) is 5.69 Å². The minimum absolute atomic E-state index is 0.133. The average Bonchev–Trinajstić information content (AvgIpc) is 3.42. The molecule has 8 heteroatoms. The van der Waals surface area contributed by atoms with Gasteiger partial charge in [-0.2, -0.15) is 0 Å². The first-order chi connectivity index (χ1) is 19.6. The molecule has 1 aliphatic rings. The third kappa shape index (κ3) is 7.17. The highest BCUT2D eigenvalue weighted by atomic mass is 35.5. The molecule has 0 radical (unpaired) electrons. The number of hydrogen-bond acceptors (Lipinski definition) is 5. The Morgan fingerprint density at radius 3 is 2.52 bits per heavy atom. The summed E-state index contributed by atoms with van der Waals surface area (Å²) < 4.78 is 19.7. The quantitative estimate of drug-likeness (QED) is 0.284. The summed E-state index contributed by atoms with van der Waals surface area (Å²) in [5.74, 6) is 2.45. The second-order valence-corrected chi connectivity index (χ2v) is 10.2. The van der Waals surface area contributed by atoms with Crippen molar-refractivity contribution in [1.82, 2.24) is 9.47 Å². The molecule has 0 bridgehead atoms. The zero-order valence-corrected chi connectivity index (χ0v) is 23.4. The molecular formula is C32H34ClN3O4. The summed E-state index contributed by atoms with van der Waals surface area (Å²) in [6.45, 7) is 2.27. The van der Waals surface area contributed by atoms with Crippen LogP contribution in [0.5, 0.6) is 23.0 Å². The largest absolute Gasteiger partial charge is 0.497 e. The minimum atomic E-state index is -0.133. The van der Waals surface area contributed by atoms with Gasteiger partial charge in [0.2, 0.25) is 5.91 Å². The second kappa shape index (κ2) is 13.4.